The molecule has 0 rings (SSSR count). The first-order valence-corrected chi connectivity index (χ1v) is 5.25. The van der Waals surface area contributed by atoms with E-state index in [0.29, 0.717) is 0 Å². The summed E-state index contributed by atoms with van der Waals surface area (Å²) in [4.78, 5) is -0.295. The SMILES string of the molecule is C=C(/C=C\C(=C)S(=O)(=O)Cl)OC#N. The van der Waals surface area contributed by atoms with Crippen LogP contribution >= 0.6 is 10.7 Å². The predicted octanol–water partition coefficient (Wildman–Crippen LogP) is 1.64. The Labute approximate surface area is 80.8 Å². The summed E-state index contributed by atoms with van der Waals surface area (Å²) in [6, 6.07) is 0. The third-order valence-corrected chi connectivity index (χ3v) is 2.30. The lowest BCUT2D eigenvalue weighted by molar-refractivity contribution is 0.395. The second-order valence-corrected chi connectivity index (χ2v) is 4.52. The number of halogens is 1. The lowest BCUT2D eigenvalue weighted by Gasteiger charge is -1.93. The Hall–Kier alpha value is -1.25. The molecule has 0 N–H and O–H groups in total. The number of nitrogens with zero attached hydrogens (tertiary/aromatic N) is 1. The summed E-state index contributed by atoms with van der Waals surface area (Å²) in [5, 5.41) is 8.03. The highest BCUT2D eigenvalue weighted by atomic mass is 35.7. The fraction of sp³-hybridized carbons (Fsp3) is 0. The van der Waals surface area contributed by atoms with E-state index in [-0.39, 0.29) is 10.7 Å². The van der Waals surface area contributed by atoms with Gasteiger partial charge in [0.15, 0.2) is 0 Å². The molecule has 0 aliphatic carbocycles. The molecule has 0 aromatic rings. The number of ether oxygens (including phenoxy) is 1. The van der Waals surface area contributed by atoms with Crippen molar-refractivity contribution in [3.63, 3.8) is 0 Å². The molecule has 0 unspecified atom stereocenters. The minimum absolute atomic E-state index is 0.00367. The van der Waals surface area contributed by atoms with Gasteiger partial charge in [-0.25, -0.2) is 8.42 Å². The molecule has 0 bridgehead atoms. The summed E-state index contributed by atoms with van der Waals surface area (Å²) >= 11 is 0. The van der Waals surface area contributed by atoms with Crippen LogP contribution < -0.4 is 0 Å². The summed E-state index contributed by atoms with van der Waals surface area (Å²) in [6.07, 6.45) is 3.62. The first-order chi connectivity index (χ1) is 5.88. The highest BCUT2D eigenvalue weighted by Gasteiger charge is 2.06. The summed E-state index contributed by atoms with van der Waals surface area (Å²) in [5.41, 5.74) is 0. The van der Waals surface area contributed by atoms with Crippen molar-refractivity contribution in [3.05, 3.63) is 36.0 Å². The molecule has 6 heteroatoms. The van der Waals surface area contributed by atoms with Gasteiger partial charge in [-0.3, -0.25) is 0 Å². The Bertz CT molecular complexity index is 388. The first-order valence-electron chi connectivity index (χ1n) is 2.94. The molecule has 0 saturated carbocycles. The van der Waals surface area contributed by atoms with Crippen molar-refractivity contribution >= 4 is 19.7 Å². The fourth-order valence-corrected chi connectivity index (χ4v) is 0.745. The van der Waals surface area contributed by atoms with E-state index >= 15 is 0 Å². The van der Waals surface area contributed by atoms with Gasteiger partial charge in [-0.2, -0.15) is 0 Å². The van der Waals surface area contributed by atoms with Crippen molar-refractivity contribution in [1.82, 2.24) is 0 Å². The third kappa shape index (κ3) is 5.06. The van der Waals surface area contributed by atoms with Crippen LogP contribution in [0.5, 0.6) is 0 Å². The minimum atomic E-state index is -3.80. The smallest absolute Gasteiger partial charge is 0.292 e. The average molecular weight is 220 g/mol. The van der Waals surface area contributed by atoms with E-state index in [1.807, 2.05) is 0 Å². The molecule has 0 aliphatic heterocycles. The van der Waals surface area contributed by atoms with Crippen LogP contribution in [-0.2, 0) is 13.8 Å². The molecule has 0 spiro atoms. The van der Waals surface area contributed by atoms with Crippen LogP contribution in [0.1, 0.15) is 0 Å². The van der Waals surface area contributed by atoms with E-state index < -0.39 is 9.05 Å². The van der Waals surface area contributed by atoms with Crippen LogP contribution in [-0.4, -0.2) is 8.42 Å². The van der Waals surface area contributed by atoms with Gasteiger partial charge in [0.2, 0.25) is 0 Å². The molecule has 0 atom stereocenters. The van der Waals surface area contributed by atoms with Gasteiger partial charge < -0.3 is 4.74 Å². The van der Waals surface area contributed by atoms with Crippen LogP contribution in [0, 0.1) is 11.5 Å². The largest absolute Gasteiger partial charge is 0.389 e. The maximum atomic E-state index is 10.6. The van der Waals surface area contributed by atoms with Crippen molar-refractivity contribution in [2.45, 2.75) is 0 Å². The van der Waals surface area contributed by atoms with Crippen LogP contribution in [0.2, 0.25) is 0 Å². The number of hydrogen-bond acceptors (Lipinski definition) is 4. The molecule has 0 aromatic heterocycles. The highest BCUT2D eigenvalue weighted by molar-refractivity contribution is 8.16. The van der Waals surface area contributed by atoms with Gasteiger partial charge in [-0.05, 0) is 12.2 Å². The summed E-state index contributed by atoms with van der Waals surface area (Å²) in [5.74, 6) is 0.00367. The highest BCUT2D eigenvalue weighted by Crippen LogP contribution is 2.11. The maximum absolute atomic E-state index is 10.6. The first kappa shape index (κ1) is 11.8. The van der Waals surface area contributed by atoms with E-state index in [1.54, 1.807) is 0 Å². The summed E-state index contributed by atoms with van der Waals surface area (Å²) in [6.45, 7) is 6.46. The van der Waals surface area contributed by atoms with E-state index in [9.17, 15) is 8.42 Å². The third-order valence-electron chi connectivity index (χ3n) is 0.945. The minimum Gasteiger partial charge on any atom is -0.389 e. The van der Waals surface area contributed by atoms with Crippen LogP contribution in [0.4, 0.5) is 0 Å². The van der Waals surface area contributed by atoms with E-state index in [2.05, 4.69) is 17.9 Å². The van der Waals surface area contributed by atoms with E-state index in [4.69, 9.17) is 15.9 Å². The monoisotopic (exact) mass is 219 g/mol. The van der Waals surface area contributed by atoms with Crippen molar-refractivity contribution in [3.8, 4) is 6.26 Å². The lowest BCUT2D eigenvalue weighted by atomic mass is 10.4. The quantitative estimate of drug-likeness (QED) is 0.312. The zero-order valence-electron chi connectivity index (χ0n) is 6.53. The number of rotatable bonds is 4. The van der Waals surface area contributed by atoms with Crippen LogP contribution in [0.25, 0.3) is 0 Å². The van der Waals surface area contributed by atoms with Gasteiger partial charge in [0.25, 0.3) is 15.3 Å². The summed E-state index contributed by atoms with van der Waals surface area (Å²) < 4.78 is 25.4. The van der Waals surface area contributed by atoms with Gasteiger partial charge in [0, 0.05) is 10.7 Å². The molecule has 0 saturated heterocycles. The van der Waals surface area contributed by atoms with Gasteiger partial charge in [-0.1, -0.05) is 13.2 Å². The second-order valence-electron chi connectivity index (χ2n) is 1.90. The van der Waals surface area contributed by atoms with Crippen molar-refractivity contribution in [1.29, 1.82) is 5.26 Å². The molecule has 0 aromatic carbocycles. The van der Waals surface area contributed by atoms with E-state index in [1.165, 1.54) is 12.3 Å². The van der Waals surface area contributed by atoms with Gasteiger partial charge >= 0.3 is 0 Å². The Balaban J connectivity index is 4.41. The normalized spacial score (nSPS) is 10.8. The molecule has 0 radical (unpaired) electrons. The molecule has 0 aliphatic rings. The second kappa shape index (κ2) is 4.70. The van der Waals surface area contributed by atoms with Gasteiger partial charge in [-0.15, -0.1) is 5.26 Å². The molecule has 4 nitrogen and oxygen atoms in total. The van der Waals surface area contributed by atoms with Crippen molar-refractivity contribution in [2.24, 2.45) is 0 Å². The summed E-state index contributed by atoms with van der Waals surface area (Å²) in [7, 11) is 1.13. The predicted molar refractivity (Wildman–Crippen MR) is 48.9 cm³/mol. The number of allylic oxidation sites excluding steroid dienone is 2. The Morgan fingerprint density at radius 1 is 1.46 bits per heavy atom. The molecule has 70 valence electrons. The molecule has 0 amide bonds. The van der Waals surface area contributed by atoms with Crippen molar-refractivity contribution in [2.75, 3.05) is 0 Å². The molecular weight excluding hydrogens is 214 g/mol. The molecule has 0 heterocycles. The topological polar surface area (TPSA) is 67.2 Å². The van der Waals surface area contributed by atoms with Crippen LogP contribution in [0.15, 0.2) is 36.0 Å². The number of hydrogen-bond donors (Lipinski definition) is 0. The molecule has 13 heavy (non-hydrogen) atoms. The maximum Gasteiger partial charge on any atom is 0.292 e. The Kier molecular flexibility index (Phi) is 4.25. The molecule has 0 fully saturated rings. The Morgan fingerprint density at radius 2 is 2.00 bits per heavy atom. The van der Waals surface area contributed by atoms with Crippen LogP contribution in [0.3, 0.4) is 0 Å². The van der Waals surface area contributed by atoms with Gasteiger partial charge in [0.05, 0.1) is 4.91 Å². The average Bonchev–Trinajstić information content (AvgIpc) is 1.99. The molecular formula is C7H6ClNO3S. The lowest BCUT2D eigenvalue weighted by Crippen LogP contribution is -1.89. The van der Waals surface area contributed by atoms with Gasteiger partial charge in [0.1, 0.15) is 5.76 Å². The zero-order chi connectivity index (χ0) is 10.5. The standard InChI is InChI=1S/C7H6ClNO3S/c1-6(12-5-9)3-4-7(2)13(8,10)11/h3-4H,1-2H2/b4-3-. The Morgan fingerprint density at radius 3 is 2.38 bits per heavy atom. The fourth-order valence-electron chi connectivity index (χ4n) is 0.360. The zero-order valence-corrected chi connectivity index (χ0v) is 8.10. The van der Waals surface area contributed by atoms with Crippen molar-refractivity contribution < 1.29 is 13.2 Å². The van der Waals surface area contributed by atoms with E-state index in [0.717, 1.165) is 6.08 Å². The number of nitriles is 1.